The Kier molecular flexibility index (Phi) is 4.68. The molecule has 3 aromatic heterocycles. The van der Waals surface area contributed by atoms with Crippen molar-refractivity contribution in [2.75, 3.05) is 32.8 Å². The lowest BCUT2D eigenvalue weighted by Crippen LogP contribution is -2.43. The molecule has 0 spiro atoms. The first-order valence-corrected chi connectivity index (χ1v) is 8.67. The minimum atomic E-state index is -0.225. The van der Waals surface area contributed by atoms with Crippen molar-refractivity contribution in [3.63, 3.8) is 0 Å². The molecule has 1 amide bonds. The predicted molar refractivity (Wildman–Crippen MR) is 93.9 cm³/mol. The van der Waals surface area contributed by atoms with E-state index in [9.17, 15) is 4.79 Å². The summed E-state index contributed by atoms with van der Waals surface area (Å²) in [6.45, 7) is 5.33. The van der Waals surface area contributed by atoms with Crippen LogP contribution in [0.1, 0.15) is 28.1 Å². The molecule has 1 atom stereocenters. The summed E-state index contributed by atoms with van der Waals surface area (Å²) in [5.41, 5.74) is 0.990. The Morgan fingerprint density at radius 3 is 2.92 bits per heavy atom. The van der Waals surface area contributed by atoms with Crippen LogP contribution in [-0.4, -0.2) is 58.3 Å². The average Bonchev–Trinajstić information content (AvgIpc) is 3.29. The highest BCUT2D eigenvalue weighted by molar-refractivity contribution is 5.93. The van der Waals surface area contributed by atoms with Crippen LogP contribution in [0, 0.1) is 6.92 Å². The lowest BCUT2D eigenvalue weighted by atomic mass is 10.1. The largest absolute Gasteiger partial charge is 0.465 e. The quantitative estimate of drug-likeness (QED) is 0.745. The molecule has 1 fully saturated rings. The normalized spacial score (nSPS) is 16.7. The minimum absolute atomic E-state index is 0.0355. The molecule has 8 heteroatoms. The first-order valence-electron chi connectivity index (χ1n) is 8.67. The minimum Gasteiger partial charge on any atom is -0.465 e. The summed E-state index contributed by atoms with van der Waals surface area (Å²) in [4.78, 5) is 19.0. The number of aryl methyl sites for hydroxylation is 1. The van der Waals surface area contributed by atoms with Crippen molar-refractivity contribution in [3.8, 4) is 0 Å². The molecule has 1 N–H and O–H groups in total. The zero-order valence-electron chi connectivity index (χ0n) is 14.6. The predicted octanol–water partition coefficient (Wildman–Crippen LogP) is 1.43. The third kappa shape index (κ3) is 3.47. The SMILES string of the molecule is Cc1ccc(C(CNC(=O)c2cc3ncccn3n2)N2CCOCC2)o1. The molecule has 26 heavy (non-hydrogen) atoms. The Bertz CT molecular complexity index is 864. The van der Waals surface area contributed by atoms with E-state index < -0.39 is 0 Å². The molecule has 0 bridgehead atoms. The van der Waals surface area contributed by atoms with Crippen LogP contribution in [0.15, 0.2) is 41.1 Å². The van der Waals surface area contributed by atoms with Gasteiger partial charge in [-0.25, -0.2) is 9.50 Å². The van der Waals surface area contributed by atoms with Crippen LogP contribution in [0.25, 0.3) is 5.65 Å². The number of nitrogens with one attached hydrogen (secondary N) is 1. The standard InChI is InChI=1S/C18H21N5O3/c1-13-3-4-16(26-13)15(22-7-9-25-10-8-22)12-20-18(24)14-11-17-19-5-2-6-23(17)21-14/h2-6,11,15H,7-10,12H2,1H3,(H,20,24). The summed E-state index contributed by atoms with van der Waals surface area (Å²) in [5.74, 6) is 1.48. The molecule has 1 aliphatic heterocycles. The molecule has 8 nitrogen and oxygen atoms in total. The van der Waals surface area contributed by atoms with Crippen molar-refractivity contribution in [1.82, 2.24) is 24.8 Å². The number of morpholine rings is 1. The zero-order chi connectivity index (χ0) is 17.9. The lowest BCUT2D eigenvalue weighted by Gasteiger charge is -2.33. The van der Waals surface area contributed by atoms with Gasteiger partial charge in [-0.2, -0.15) is 5.10 Å². The van der Waals surface area contributed by atoms with Gasteiger partial charge in [0.1, 0.15) is 11.5 Å². The summed E-state index contributed by atoms with van der Waals surface area (Å²) in [7, 11) is 0. The van der Waals surface area contributed by atoms with Gasteiger partial charge < -0.3 is 14.5 Å². The van der Waals surface area contributed by atoms with Crippen molar-refractivity contribution >= 4 is 11.6 Å². The van der Waals surface area contributed by atoms with Gasteiger partial charge in [0.25, 0.3) is 5.91 Å². The fourth-order valence-corrected chi connectivity index (χ4v) is 3.15. The highest BCUT2D eigenvalue weighted by Gasteiger charge is 2.26. The van der Waals surface area contributed by atoms with E-state index in [1.54, 1.807) is 29.0 Å². The van der Waals surface area contributed by atoms with Crippen LogP contribution in [0.3, 0.4) is 0 Å². The molecule has 1 saturated heterocycles. The van der Waals surface area contributed by atoms with E-state index in [4.69, 9.17) is 9.15 Å². The number of fused-ring (bicyclic) bond motifs is 1. The van der Waals surface area contributed by atoms with Crippen LogP contribution < -0.4 is 5.32 Å². The molecule has 0 radical (unpaired) electrons. The Labute approximate surface area is 150 Å². The van der Waals surface area contributed by atoms with Gasteiger partial charge in [0.15, 0.2) is 11.3 Å². The maximum absolute atomic E-state index is 12.5. The van der Waals surface area contributed by atoms with E-state index in [1.165, 1.54) is 0 Å². The molecule has 0 aromatic carbocycles. The summed E-state index contributed by atoms with van der Waals surface area (Å²) in [5, 5.41) is 7.25. The van der Waals surface area contributed by atoms with Gasteiger partial charge in [-0.3, -0.25) is 9.69 Å². The first-order chi connectivity index (χ1) is 12.7. The molecular formula is C18H21N5O3. The number of nitrogens with zero attached hydrogens (tertiary/aromatic N) is 4. The van der Waals surface area contributed by atoms with Crippen LogP contribution in [0.4, 0.5) is 0 Å². The number of hydrogen-bond donors (Lipinski definition) is 1. The lowest BCUT2D eigenvalue weighted by molar-refractivity contribution is 0.0117. The third-order valence-corrected chi connectivity index (χ3v) is 4.50. The first kappa shape index (κ1) is 16.7. The van der Waals surface area contributed by atoms with Crippen molar-refractivity contribution in [1.29, 1.82) is 0 Å². The third-order valence-electron chi connectivity index (χ3n) is 4.50. The second kappa shape index (κ2) is 7.27. The smallest absolute Gasteiger partial charge is 0.271 e. The van der Waals surface area contributed by atoms with Gasteiger partial charge in [0.2, 0.25) is 0 Å². The fraction of sp³-hybridized carbons (Fsp3) is 0.389. The van der Waals surface area contributed by atoms with E-state index in [0.717, 1.165) is 24.6 Å². The molecular weight excluding hydrogens is 334 g/mol. The van der Waals surface area contributed by atoms with Gasteiger partial charge in [0.05, 0.1) is 19.3 Å². The monoisotopic (exact) mass is 355 g/mol. The van der Waals surface area contributed by atoms with E-state index in [2.05, 4.69) is 20.3 Å². The number of hydrogen-bond acceptors (Lipinski definition) is 6. The summed E-state index contributed by atoms with van der Waals surface area (Å²) < 4.78 is 12.8. The highest BCUT2D eigenvalue weighted by atomic mass is 16.5. The Morgan fingerprint density at radius 2 is 2.19 bits per heavy atom. The van der Waals surface area contributed by atoms with Gasteiger partial charge in [-0.15, -0.1) is 0 Å². The molecule has 136 valence electrons. The van der Waals surface area contributed by atoms with Gasteiger partial charge in [0, 0.05) is 38.1 Å². The average molecular weight is 355 g/mol. The van der Waals surface area contributed by atoms with E-state index in [0.29, 0.717) is 31.1 Å². The number of furan rings is 1. The van der Waals surface area contributed by atoms with Gasteiger partial charge in [-0.1, -0.05) is 0 Å². The topological polar surface area (TPSA) is 84.9 Å². The number of rotatable bonds is 5. The fourth-order valence-electron chi connectivity index (χ4n) is 3.15. The van der Waals surface area contributed by atoms with Crippen LogP contribution in [0.2, 0.25) is 0 Å². The number of ether oxygens (including phenoxy) is 1. The number of amides is 1. The maximum Gasteiger partial charge on any atom is 0.271 e. The van der Waals surface area contributed by atoms with Crippen LogP contribution >= 0.6 is 0 Å². The Morgan fingerprint density at radius 1 is 1.35 bits per heavy atom. The molecule has 3 aromatic rings. The summed E-state index contributed by atoms with van der Waals surface area (Å²) in [6, 6.07) is 7.33. The van der Waals surface area contributed by atoms with Crippen LogP contribution in [0.5, 0.6) is 0 Å². The van der Waals surface area contributed by atoms with Crippen LogP contribution in [-0.2, 0) is 4.74 Å². The molecule has 1 aliphatic rings. The summed E-state index contributed by atoms with van der Waals surface area (Å²) >= 11 is 0. The van der Waals surface area contributed by atoms with Gasteiger partial charge in [-0.05, 0) is 25.1 Å². The zero-order valence-corrected chi connectivity index (χ0v) is 14.6. The Balaban J connectivity index is 1.49. The summed E-state index contributed by atoms with van der Waals surface area (Å²) in [6.07, 6.45) is 3.44. The maximum atomic E-state index is 12.5. The number of carbonyl (C=O) groups excluding carboxylic acids is 1. The molecule has 4 rings (SSSR count). The van der Waals surface area contributed by atoms with Crippen molar-refractivity contribution in [2.24, 2.45) is 0 Å². The highest BCUT2D eigenvalue weighted by Crippen LogP contribution is 2.23. The Hall–Kier alpha value is -2.71. The molecule has 0 aliphatic carbocycles. The number of aromatic nitrogens is 3. The number of carbonyl (C=O) groups is 1. The second-order valence-corrected chi connectivity index (χ2v) is 6.27. The van der Waals surface area contributed by atoms with E-state index in [1.807, 2.05) is 19.1 Å². The van der Waals surface area contributed by atoms with Gasteiger partial charge >= 0.3 is 0 Å². The van der Waals surface area contributed by atoms with Crippen molar-refractivity contribution in [3.05, 3.63) is 53.9 Å². The van der Waals surface area contributed by atoms with Crippen molar-refractivity contribution in [2.45, 2.75) is 13.0 Å². The molecule has 1 unspecified atom stereocenters. The molecule has 0 saturated carbocycles. The van der Waals surface area contributed by atoms with E-state index in [-0.39, 0.29) is 11.9 Å². The second-order valence-electron chi connectivity index (χ2n) is 6.27. The van der Waals surface area contributed by atoms with Crippen molar-refractivity contribution < 1.29 is 13.9 Å². The van der Waals surface area contributed by atoms with E-state index >= 15 is 0 Å². The molecule has 4 heterocycles.